The average Bonchev–Trinajstić information content (AvgIpc) is 2.27. The van der Waals surface area contributed by atoms with Gasteiger partial charge in [-0.2, -0.15) is 0 Å². The number of hydrogen-bond acceptors (Lipinski definition) is 4. The number of aliphatic hydroxyl groups is 1. The summed E-state index contributed by atoms with van der Waals surface area (Å²) in [4.78, 5) is 21.0. The van der Waals surface area contributed by atoms with E-state index in [4.69, 9.17) is 16.6 Å². The summed E-state index contributed by atoms with van der Waals surface area (Å²) in [6.45, 7) is 2.41. The summed E-state index contributed by atoms with van der Waals surface area (Å²) in [5, 5.41) is 11.2. The van der Waals surface area contributed by atoms with Gasteiger partial charge in [0.05, 0.1) is 17.9 Å². The van der Waals surface area contributed by atoms with Gasteiger partial charge in [-0.25, -0.2) is 0 Å². The fourth-order valence-corrected chi connectivity index (χ4v) is 2.30. The van der Waals surface area contributed by atoms with Gasteiger partial charge in [0.15, 0.2) is 0 Å². The molecule has 0 aromatic rings. The molecule has 0 bridgehead atoms. The van der Waals surface area contributed by atoms with E-state index in [1.807, 2.05) is 0 Å². The number of hydrogen-bond donors (Lipinski definition) is 4. The summed E-state index contributed by atoms with van der Waals surface area (Å²) in [6, 6.07) is 0.342. The molecule has 2 rings (SSSR count). The maximum Gasteiger partial charge on any atom is 0.228 e. The molecule has 1 spiro atoms. The number of primary amides is 1. The third kappa shape index (κ3) is 3.96. The van der Waals surface area contributed by atoms with Crippen molar-refractivity contribution >= 4 is 11.8 Å². The average molecular weight is 257 g/mol. The molecule has 1 aliphatic heterocycles. The first-order valence-corrected chi connectivity index (χ1v) is 6.36. The van der Waals surface area contributed by atoms with Crippen LogP contribution in [0.15, 0.2) is 0 Å². The smallest absolute Gasteiger partial charge is 0.228 e. The summed E-state index contributed by atoms with van der Waals surface area (Å²) in [7, 11) is 0. The first kappa shape index (κ1) is 14.9. The molecule has 1 saturated carbocycles. The van der Waals surface area contributed by atoms with Gasteiger partial charge in [-0.15, -0.1) is 0 Å². The van der Waals surface area contributed by atoms with Gasteiger partial charge in [-0.3, -0.25) is 9.59 Å². The van der Waals surface area contributed by atoms with Crippen LogP contribution in [0.1, 0.15) is 39.0 Å². The highest BCUT2D eigenvalue weighted by Crippen LogP contribution is 2.39. The fraction of sp³-hybridized carbons (Fsp3) is 0.833. The highest BCUT2D eigenvalue weighted by molar-refractivity contribution is 5.88. The molecular weight excluding hydrogens is 234 g/mol. The van der Waals surface area contributed by atoms with Gasteiger partial charge < -0.3 is 21.9 Å². The number of carbonyl (C=O) groups excluding carboxylic acids is 2. The van der Waals surface area contributed by atoms with Crippen molar-refractivity contribution in [2.75, 3.05) is 6.54 Å². The van der Waals surface area contributed by atoms with Crippen molar-refractivity contribution in [1.82, 2.24) is 5.32 Å². The third-order valence-electron chi connectivity index (χ3n) is 3.55. The Morgan fingerprint density at radius 2 is 2.11 bits per heavy atom. The fourth-order valence-electron chi connectivity index (χ4n) is 2.30. The first-order valence-electron chi connectivity index (χ1n) is 6.36. The predicted octanol–water partition coefficient (Wildman–Crippen LogP) is -0.753. The minimum Gasteiger partial charge on any atom is -0.393 e. The highest BCUT2D eigenvalue weighted by Gasteiger charge is 2.47. The second-order valence-electron chi connectivity index (χ2n) is 5.32. The zero-order chi connectivity index (χ0) is 13.8. The standard InChI is InChI=1S/C8H14N2O.C4H9NO2/c9-6-1-3-8(4-2-6)5-10-7(8)11;1-3(6)2-4(5)7/h6H,1-5,9H2,(H,10,11);3,6H,2H2,1H3,(H2,5,7). The van der Waals surface area contributed by atoms with Crippen LogP contribution in [0.4, 0.5) is 0 Å². The lowest BCUT2D eigenvalue weighted by Crippen LogP contribution is -2.60. The Hall–Kier alpha value is -1.14. The monoisotopic (exact) mass is 257 g/mol. The second kappa shape index (κ2) is 6.15. The normalized spacial score (nSPS) is 31.7. The van der Waals surface area contributed by atoms with Crippen molar-refractivity contribution in [2.24, 2.45) is 16.9 Å². The first-order chi connectivity index (χ1) is 8.35. The number of rotatable bonds is 2. The Labute approximate surface area is 107 Å². The van der Waals surface area contributed by atoms with Crippen LogP contribution in [0, 0.1) is 5.41 Å². The van der Waals surface area contributed by atoms with E-state index in [0.717, 1.165) is 32.2 Å². The predicted molar refractivity (Wildman–Crippen MR) is 67.4 cm³/mol. The SMILES string of the molecule is CC(O)CC(N)=O.NC1CCC2(CC1)CNC2=O. The van der Waals surface area contributed by atoms with Crippen molar-refractivity contribution in [2.45, 2.75) is 51.2 Å². The van der Waals surface area contributed by atoms with Gasteiger partial charge in [0.1, 0.15) is 0 Å². The summed E-state index contributed by atoms with van der Waals surface area (Å²) >= 11 is 0. The van der Waals surface area contributed by atoms with Crippen molar-refractivity contribution in [3.05, 3.63) is 0 Å². The number of aliphatic hydroxyl groups excluding tert-OH is 1. The van der Waals surface area contributed by atoms with Crippen molar-refractivity contribution < 1.29 is 14.7 Å². The summed E-state index contributed by atoms with van der Waals surface area (Å²) < 4.78 is 0. The molecule has 18 heavy (non-hydrogen) atoms. The molecule has 0 aromatic heterocycles. The molecule has 6 heteroatoms. The molecule has 2 fully saturated rings. The van der Waals surface area contributed by atoms with Crippen LogP contribution < -0.4 is 16.8 Å². The number of nitrogens with two attached hydrogens (primary N) is 2. The Morgan fingerprint density at radius 3 is 2.33 bits per heavy atom. The van der Waals surface area contributed by atoms with Gasteiger partial charge >= 0.3 is 0 Å². The number of carbonyl (C=O) groups is 2. The topological polar surface area (TPSA) is 118 Å². The lowest BCUT2D eigenvalue weighted by Gasteiger charge is -2.44. The largest absolute Gasteiger partial charge is 0.393 e. The highest BCUT2D eigenvalue weighted by atomic mass is 16.3. The van der Waals surface area contributed by atoms with Gasteiger partial charge in [0, 0.05) is 12.6 Å². The molecule has 1 heterocycles. The van der Waals surface area contributed by atoms with Gasteiger partial charge in [0.25, 0.3) is 0 Å². The maximum atomic E-state index is 11.2. The van der Waals surface area contributed by atoms with Crippen molar-refractivity contribution in [1.29, 1.82) is 0 Å². The molecular formula is C12H23N3O3. The molecule has 0 radical (unpaired) electrons. The molecule has 6 nitrogen and oxygen atoms in total. The van der Waals surface area contributed by atoms with E-state index in [9.17, 15) is 9.59 Å². The lowest BCUT2D eigenvalue weighted by molar-refractivity contribution is -0.142. The summed E-state index contributed by atoms with van der Waals surface area (Å²) in [5.74, 6) is -0.209. The van der Waals surface area contributed by atoms with Gasteiger partial charge in [0.2, 0.25) is 11.8 Å². The summed E-state index contributed by atoms with van der Waals surface area (Å²) in [5.41, 5.74) is 10.5. The van der Waals surface area contributed by atoms with Gasteiger partial charge in [-0.1, -0.05) is 0 Å². The molecule has 2 aliphatic rings. The molecule has 1 unspecified atom stereocenters. The van der Waals surface area contributed by atoms with Crippen LogP contribution in [0.2, 0.25) is 0 Å². The van der Waals surface area contributed by atoms with E-state index in [0.29, 0.717) is 6.04 Å². The Kier molecular flexibility index (Phi) is 5.10. The summed E-state index contributed by atoms with van der Waals surface area (Å²) in [6.07, 6.45) is 3.50. The minimum absolute atomic E-state index is 0.00979. The van der Waals surface area contributed by atoms with E-state index >= 15 is 0 Å². The Morgan fingerprint density at radius 1 is 1.56 bits per heavy atom. The molecule has 1 atom stereocenters. The van der Waals surface area contributed by atoms with E-state index in [2.05, 4.69) is 5.32 Å². The van der Waals surface area contributed by atoms with Crippen molar-refractivity contribution in [3.63, 3.8) is 0 Å². The van der Waals surface area contributed by atoms with E-state index in [-0.39, 0.29) is 17.7 Å². The Balaban J connectivity index is 0.000000203. The minimum atomic E-state index is -0.600. The maximum absolute atomic E-state index is 11.2. The van der Waals surface area contributed by atoms with E-state index in [1.165, 1.54) is 6.92 Å². The molecule has 2 amide bonds. The van der Waals surface area contributed by atoms with Gasteiger partial charge in [-0.05, 0) is 32.6 Å². The van der Waals surface area contributed by atoms with E-state index in [1.54, 1.807) is 0 Å². The van der Waals surface area contributed by atoms with E-state index < -0.39 is 12.0 Å². The van der Waals surface area contributed by atoms with Crippen LogP contribution in [-0.2, 0) is 9.59 Å². The second-order valence-corrected chi connectivity index (χ2v) is 5.32. The van der Waals surface area contributed by atoms with Crippen LogP contribution >= 0.6 is 0 Å². The molecule has 104 valence electrons. The molecule has 1 aliphatic carbocycles. The Bertz CT molecular complexity index is 310. The van der Waals surface area contributed by atoms with Crippen LogP contribution in [0.3, 0.4) is 0 Å². The van der Waals surface area contributed by atoms with Crippen LogP contribution in [-0.4, -0.2) is 35.6 Å². The van der Waals surface area contributed by atoms with Crippen LogP contribution in [0.25, 0.3) is 0 Å². The number of β-lactam (4-membered cyclic amide) rings is 1. The number of amides is 2. The molecule has 0 aromatic carbocycles. The molecule has 1 saturated heterocycles. The van der Waals surface area contributed by atoms with Crippen LogP contribution in [0.5, 0.6) is 0 Å². The third-order valence-corrected chi connectivity index (χ3v) is 3.55. The number of nitrogens with one attached hydrogen (secondary N) is 1. The zero-order valence-corrected chi connectivity index (χ0v) is 10.8. The molecule has 6 N–H and O–H groups in total. The van der Waals surface area contributed by atoms with Crippen molar-refractivity contribution in [3.8, 4) is 0 Å². The lowest BCUT2D eigenvalue weighted by atomic mass is 9.68. The zero-order valence-electron chi connectivity index (χ0n) is 10.8. The quantitative estimate of drug-likeness (QED) is 0.486.